The number of aliphatic hydroxyl groups excluding tert-OH is 1. The number of nitrogens with zero attached hydrogens (tertiary/aromatic N) is 1. The van der Waals surface area contributed by atoms with Gasteiger partial charge in [-0.05, 0) is 83.5 Å². The zero-order valence-electron chi connectivity index (χ0n) is 38.6. The molecule has 0 rings (SSSR count). The van der Waals surface area contributed by atoms with Gasteiger partial charge in [0.05, 0.1) is 39.9 Å². The fourth-order valence-corrected chi connectivity index (χ4v) is 6.59. The first-order valence-corrected chi connectivity index (χ1v) is 24.7. The predicted molar refractivity (Wildman–Crippen MR) is 258 cm³/mol. The quantitative estimate of drug-likeness (QED) is 0.0245. The smallest absolute Gasteiger partial charge is 0.391 e. The molecule has 1 amide bonds. The van der Waals surface area contributed by atoms with E-state index in [4.69, 9.17) is 9.05 Å². The summed E-state index contributed by atoms with van der Waals surface area (Å²) in [5.41, 5.74) is 0. The molecule has 8 nitrogen and oxygen atoms in total. The zero-order chi connectivity index (χ0) is 44.3. The van der Waals surface area contributed by atoms with Crippen LogP contribution in [0.15, 0.2) is 109 Å². The number of quaternary nitrogens is 1. The van der Waals surface area contributed by atoms with E-state index >= 15 is 0 Å². The largest absolute Gasteiger partial charge is 0.472 e. The van der Waals surface area contributed by atoms with Gasteiger partial charge < -0.3 is 19.8 Å². The summed E-state index contributed by atoms with van der Waals surface area (Å²) >= 11 is 0. The highest BCUT2D eigenvalue weighted by Gasteiger charge is 2.28. The van der Waals surface area contributed by atoms with Gasteiger partial charge in [-0.25, -0.2) is 4.57 Å². The number of carbonyl (C=O) groups is 1. The average molecular weight is 856 g/mol. The third kappa shape index (κ3) is 43.3. The van der Waals surface area contributed by atoms with Gasteiger partial charge in [0.1, 0.15) is 13.2 Å². The van der Waals surface area contributed by atoms with Crippen molar-refractivity contribution in [2.24, 2.45) is 0 Å². The van der Waals surface area contributed by atoms with Gasteiger partial charge in [0.15, 0.2) is 0 Å². The van der Waals surface area contributed by atoms with E-state index in [2.05, 4.69) is 129 Å². The molecule has 3 N–H and O–H groups in total. The van der Waals surface area contributed by atoms with E-state index in [0.29, 0.717) is 23.9 Å². The Morgan fingerprint density at radius 3 is 1.45 bits per heavy atom. The molecule has 3 unspecified atom stereocenters. The number of unbranched alkanes of at least 4 members (excludes halogenated alkanes) is 9. The molecule has 0 heterocycles. The lowest BCUT2D eigenvalue weighted by molar-refractivity contribution is -0.870. The molecule has 0 saturated heterocycles. The van der Waals surface area contributed by atoms with Crippen LogP contribution in [-0.2, 0) is 18.4 Å². The Labute approximate surface area is 368 Å². The monoisotopic (exact) mass is 856 g/mol. The van der Waals surface area contributed by atoms with Crippen molar-refractivity contribution in [3.05, 3.63) is 109 Å². The number of aliphatic hydroxyl groups is 1. The van der Waals surface area contributed by atoms with E-state index < -0.39 is 20.0 Å². The van der Waals surface area contributed by atoms with E-state index in [1.54, 1.807) is 0 Å². The van der Waals surface area contributed by atoms with Gasteiger partial charge in [0.25, 0.3) is 0 Å². The zero-order valence-corrected chi connectivity index (χ0v) is 39.5. The molecule has 0 fully saturated rings. The second-order valence-electron chi connectivity index (χ2n) is 16.4. The van der Waals surface area contributed by atoms with Crippen molar-refractivity contribution in [1.82, 2.24) is 5.32 Å². The fourth-order valence-electron chi connectivity index (χ4n) is 5.86. The second-order valence-corrected chi connectivity index (χ2v) is 17.9. The van der Waals surface area contributed by atoms with Crippen molar-refractivity contribution in [2.45, 2.75) is 167 Å². The van der Waals surface area contributed by atoms with Crippen LogP contribution < -0.4 is 5.32 Å². The van der Waals surface area contributed by atoms with Gasteiger partial charge in [0.2, 0.25) is 5.91 Å². The Kier molecular flexibility index (Phi) is 39.5. The van der Waals surface area contributed by atoms with Crippen LogP contribution in [-0.4, -0.2) is 73.4 Å². The van der Waals surface area contributed by atoms with Crippen LogP contribution in [0.4, 0.5) is 0 Å². The number of amides is 1. The standard InChI is InChI=1S/C51H87N2O6P/c1-6-8-10-12-14-15-16-17-18-19-20-21-22-23-24-25-26-27-28-29-30-31-32-33-34-35-36-37-39-41-43-45-51(55)52-49(50(54)44-42-40-38-13-11-9-7-2)48-59-60(56,57)58-47-46-53(3,4)5/h8,10,14-15,17-18,20-21,23-24,26-27,29-30,32-33,35-36,49-50,54H,6-7,9,11-13,16,19,22,25,28,31,34,37-48H2,1-5H3,(H-,52,55,56,57)/p+1/b10-8-,15-14-,18-17-,21-20-,24-23-,27-26-,30-29-,33-32-,36-35-. The van der Waals surface area contributed by atoms with Gasteiger partial charge in [-0.15, -0.1) is 0 Å². The predicted octanol–water partition coefficient (Wildman–Crippen LogP) is 13.3. The highest BCUT2D eigenvalue weighted by Crippen LogP contribution is 2.43. The number of nitrogens with one attached hydrogen (secondary N) is 1. The van der Waals surface area contributed by atoms with E-state index in [-0.39, 0.29) is 19.1 Å². The highest BCUT2D eigenvalue weighted by atomic mass is 31.2. The Balaban J connectivity index is 4.22. The van der Waals surface area contributed by atoms with Gasteiger partial charge in [-0.3, -0.25) is 13.8 Å². The summed E-state index contributed by atoms with van der Waals surface area (Å²) in [6.07, 6.45) is 60.1. The molecule has 0 aromatic rings. The summed E-state index contributed by atoms with van der Waals surface area (Å²) in [5, 5.41) is 13.8. The van der Waals surface area contributed by atoms with E-state index in [0.717, 1.165) is 103 Å². The van der Waals surface area contributed by atoms with E-state index in [1.807, 2.05) is 21.1 Å². The number of likely N-dealkylation sites (N-methyl/N-ethyl adjacent to an activating group) is 1. The van der Waals surface area contributed by atoms with Crippen molar-refractivity contribution < 1.29 is 32.9 Å². The molecule has 0 aromatic heterocycles. The van der Waals surface area contributed by atoms with Crippen molar-refractivity contribution in [1.29, 1.82) is 0 Å². The molecule has 0 radical (unpaired) electrons. The highest BCUT2D eigenvalue weighted by molar-refractivity contribution is 7.47. The number of carbonyl (C=O) groups excluding carboxylic acids is 1. The summed E-state index contributed by atoms with van der Waals surface area (Å²) < 4.78 is 23.5. The van der Waals surface area contributed by atoms with Gasteiger partial charge in [-0.1, -0.05) is 175 Å². The van der Waals surface area contributed by atoms with Crippen LogP contribution in [0.5, 0.6) is 0 Å². The van der Waals surface area contributed by atoms with Gasteiger partial charge in [0, 0.05) is 6.42 Å². The normalized spacial score (nSPS) is 15.2. The van der Waals surface area contributed by atoms with Crippen LogP contribution in [0.2, 0.25) is 0 Å². The molecule has 9 heteroatoms. The minimum absolute atomic E-state index is 0.0607. The molecule has 342 valence electrons. The molecule has 0 bridgehead atoms. The molecule has 3 atom stereocenters. The number of allylic oxidation sites excluding steroid dienone is 18. The van der Waals surface area contributed by atoms with Crippen LogP contribution in [0.1, 0.15) is 155 Å². The lowest BCUT2D eigenvalue weighted by Crippen LogP contribution is -2.46. The van der Waals surface area contributed by atoms with Crippen molar-refractivity contribution in [2.75, 3.05) is 40.9 Å². The third-order valence-electron chi connectivity index (χ3n) is 9.54. The lowest BCUT2D eigenvalue weighted by Gasteiger charge is -2.26. The van der Waals surface area contributed by atoms with Gasteiger partial charge >= 0.3 is 7.82 Å². The second kappa shape index (κ2) is 41.5. The topological polar surface area (TPSA) is 105 Å². The van der Waals surface area contributed by atoms with Crippen LogP contribution in [0, 0.1) is 0 Å². The Morgan fingerprint density at radius 1 is 0.583 bits per heavy atom. The molecule has 0 spiro atoms. The maximum absolute atomic E-state index is 12.8. The first kappa shape index (κ1) is 57.2. The maximum Gasteiger partial charge on any atom is 0.472 e. The Hall–Kier alpha value is -2.84. The molecular weight excluding hydrogens is 768 g/mol. The molecule has 0 aliphatic carbocycles. The summed E-state index contributed by atoms with van der Waals surface area (Å²) in [4.78, 5) is 23.0. The molecule has 0 saturated carbocycles. The van der Waals surface area contributed by atoms with E-state index in [1.165, 1.54) is 25.7 Å². The summed E-state index contributed by atoms with van der Waals surface area (Å²) in [7, 11) is 1.57. The first-order valence-electron chi connectivity index (χ1n) is 23.3. The summed E-state index contributed by atoms with van der Waals surface area (Å²) in [5.74, 6) is -0.187. The number of phosphoric acid groups is 1. The van der Waals surface area contributed by atoms with Crippen LogP contribution in [0.25, 0.3) is 0 Å². The molecule has 0 aliphatic rings. The molecule has 0 aromatic carbocycles. The number of hydrogen-bond donors (Lipinski definition) is 3. The molecule has 0 aliphatic heterocycles. The average Bonchev–Trinajstić information content (AvgIpc) is 3.20. The SMILES string of the molecule is CC/C=C\C/C=C\C/C=C\C/C=C\C/C=C\C/C=C\C/C=C\C/C=C\C/C=C\CCCCCC(=O)NC(COP(=O)(O)OCC[N+](C)(C)C)C(O)CCCCCCCCC. The first-order chi connectivity index (χ1) is 29.0. The van der Waals surface area contributed by atoms with Crippen molar-refractivity contribution in [3.8, 4) is 0 Å². The minimum atomic E-state index is -4.32. The van der Waals surface area contributed by atoms with Crippen molar-refractivity contribution in [3.63, 3.8) is 0 Å². The number of hydrogen-bond acceptors (Lipinski definition) is 5. The lowest BCUT2D eigenvalue weighted by atomic mass is 10.0. The number of phosphoric ester groups is 1. The Morgan fingerprint density at radius 2 is 1.00 bits per heavy atom. The summed E-state index contributed by atoms with van der Waals surface area (Å²) in [6.45, 7) is 4.66. The maximum atomic E-state index is 12.8. The molecular formula is C51H88N2O6P+. The minimum Gasteiger partial charge on any atom is -0.391 e. The molecule has 60 heavy (non-hydrogen) atoms. The van der Waals surface area contributed by atoms with Gasteiger partial charge in [-0.2, -0.15) is 0 Å². The van der Waals surface area contributed by atoms with E-state index in [9.17, 15) is 19.4 Å². The van der Waals surface area contributed by atoms with Crippen LogP contribution >= 0.6 is 7.82 Å². The third-order valence-corrected chi connectivity index (χ3v) is 10.5. The summed E-state index contributed by atoms with van der Waals surface area (Å²) in [6, 6.07) is -0.783. The van der Waals surface area contributed by atoms with Crippen molar-refractivity contribution >= 4 is 13.7 Å². The Bertz CT molecular complexity index is 1340. The fraction of sp³-hybridized carbons (Fsp3) is 0.627. The van der Waals surface area contributed by atoms with Crippen LogP contribution in [0.3, 0.4) is 0 Å². The number of rotatable bonds is 40.